The molecule has 0 aromatic heterocycles. The molecule has 88 valence electrons. The van der Waals surface area contributed by atoms with Gasteiger partial charge < -0.3 is 15.8 Å². The quantitative estimate of drug-likeness (QED) is 0.810. The number of ether oxygens (including phenoxy) is 1. The highest BCUT2D eigenvalue weighted by Crippen LogP contribution is 2.28. The highest BCUT2D eigenvalue weighted by molar-refractivity contribution is 5.40. The van der Waals surface area contributed by atoms with Crippen LogP contribution in [-0.4, -0.2) is 19.2 Å². The van der Waals surface area contributed by atoms with Gasteiger partial charge in [-0.1, -0.05) is 26.0 Å². The molecule has 1 aliphatic rings. The minimum Gasteiger partial charge on any atom is -0.493 e. The maximum absolute atomic E-state index is 5.80. The van der Waals surface area contributed by atoms with Crippen LogP contribution >= 0.6 is 0 Å². The molecule has 1 aromatic rings. The van der Waals surface area contributed by atoms with Crippen LogP contribution in [0.5, 0.6) is 5.75 Å². The SMILES string of the molecule is CC(C)NC(CN)c1ccc2c(c1)CCO2. The molecule has 0 spiro atoms. The lowest BCUT2D eigenvalue weighted by Gasteiger charge is -2.20. The predicted molar refractivity (Wildman–Crippen MR) is 65.7 cm³/mol. The molecular weight excluding hydrogens is 200 g/mol. The zero-order chi connectivity index (χ0) is 11.5. The zero-order valence-corrected chi connectivity index (χ0v) is 9.99. The standard InChI is InChI=1S/C13H20N2O/c1-9(2)15-12(8-14)10-3-4-13-11(7-10)5-6-16-13/h3-4,7,9,12,15H,5-6,8,14H2,1-2H3. The first-order valence-corrected chi connectivity index (χ1v) is 5.92. The maximum Gasteiger partial charge on any atom is 0.122 e. The topological polar surface area (TPSA) is 47.3 Å². The molecule has 1 aromatic carbocycles. The van der Waals surface area contributed by atoms with E-state index in [1.165, 1.54) is 11.1 Å². The maximum atomic E-state index is 5.80. The molecule has 0 bridgehead atoms. The van der Waals surface area contributed by atoms with Gasteiger partial charge in [0.05, 0.1) is 6.61 Å². The van der Waals surface area contributed by atoms with Crippen LogP contribution in [0.2, 0.25) is 0 Å². The molecule has 1 atom stereocenters. The lowest BCUT2D eigenvalue weighted by molar-refractivity contribution is 0.356. The Labute approximate surface area is 97.0 Å². The first kappa shape index (κ1) is 11.4. The Kier molecular flexibility index (Phi) is 3.46. The first-order valence-electron chi connectivity index (χ1n) is 5.92. The van der Waals surface area contributed by atoms with Crippen LogP contribution in [0.1, 0.15) is 31.0 Å². The Morgan fingerprint density at radius 2 is 2.25 bits per heavy atom. The Balaban J connectivity index is 2.18. The Bertz CT molecular complexity index is 363. The summed E-state index contributed by atoms with van der Waals surface area (Å²) in [5, 5.41) is 3.47. The fourth-order valence-corrected chi connectivity index (χ4v) is 2.13. The summed E-state index contributed by atoms with van der Waals surface area (Å²) in [5.41, 5.74) is 8.38. The normalized spacial score (nSPS) is 16.0. The number of nitrogens with one attached hydrogen (secondary N) is 1. The molecule has 0 aliphatic carbocycles. The molecule has 0 fully saturated rings. The second kappa shape index (κ2) is 4.85. The van der Waals surface area contributed by atoms with Crippen molar-refractivity contribution in [1.29, 1.82) is 0 Å². The van der Waals surface area contributed by atoms with E-state index in [-0.39, 0.29) is 6.04 Å². The van der Waals surface area contributed by atoms with Crippen molar-refractivity contribution in [2.45, 2.75) is 32.4 Å². The molecule has 3 N–H and O–H groups in total. The van der Waals surface area contributed by atoms with Gasteiger partial charge in [0.1, 0.15) is 5.75 Å². The Hall–Kier alpha value is -1.06. The van der Waals surface area contributed by atoms with Gasteiger partial charge in [-0.05, 0) is 17.2 Å². The smallest absolute Gasteiger partial charge is 0.122 e. The van der Waals surface area contributed by atoms with Crippen LogP contribution in [0.15, 0.2) is 18.2 Å². The van der Waals surface area contributed by atoms with Crippen LogP contribution in [0.4, 0.5) is 0 Å². The molecule has 0 radical (unpaired) electrons. The molecular formula is C13H20N2O. The van der Waals surface area contributed by atoms with Crippen molar-refractivity contribution in [3.05, 3.63) is 29.3 Å². The minimum atomic E-state index is 0.242. The van der Waals surface area contributed by atoms with Crippen LogP contribution in [0.3, 0.4) is 0 Å². The van der Waals surface area contributed by atoms with Crippen molar-refractivity contribution in [3.63, 3.8) is 0 Å². The highest BCUT2D eigenvalue weighted by Gasteiger charge is 2.16. The van der Waals surface area contributed by atoms with Crippen LogP contribution in [-0.2, 0) is 6.42 Å². The monoisotopic (exact) mass is 220 g/mol. The van der Waals surface area contributed by atoms with Gasteiger partial charge in [-0.2, -0.15) is 0 Å². The summed E-state index contributed by atoms with van der Waals surface area (Å²) in [6.07, 6.45) is 1.02. The summed E-state index contributed by atoms with van der Waals surface area (Å²) in [6.45, 7) is 5.71. The first-order chi connectivity index (χ1) is 7.70. The van der Waals surface area contributed by atoms with Gasteiger partial charge in [0.15, 0.2) is 0 Å². The summed E-state index contributed by atoms with van der Waals surface area (Å²) >= 11 is 0. The van der Waals surface area contributed by atoms with Gasteiger partial charge >= 0.3 is 0 Å². The number of benzene rings is 1. The van der Waals surface area contributed by atoms with E-state index in [2.05, 4.69) is 37.4 Å². The lowest BCUT2D eigenvalue weighted by Crippen LogP contribution is -2.33. The molecule has 1 heterocycles. The average molecular weight is 220 g/mol. The molecule has 3 nitrogen and oxygen atoms in total. The van der Waals surface area contributed by atoms with Crippen LogP contribution < -0.4 is 15.8 Å². The highest BCUT2D eigenvalue weighted by atomic mass is 16.5. The van der Waals surface area contributed by atoms with Gasteiger partial charge in [0, 0.05) is 25.0 Å². The molecule has 2 rings (SSSR count). The Morgan fingerprint density at radius 3 is 2.94 bits per heavy atom. The van der Waals surface area contributed by atoms with Crippen molar-refractivity contribution in [1.82, 2.24) is 5.32 Å². The van der Waals surface area contributed by atoms with Gasteiger partial charge in [0.25, 0.3) is 0 Å². The number of fused-ring (bicyclic) bond motifs is 1. The largest absolute Gasteiger partial charge is 0.493 e. The van der Waals surface area contributed by atoms with Gasteiger partial charge in [-0.15, -0.1) is 0 Å². The summed E-state index contributed by atoms with van der Waals surface area (Å²) in [4.78, 5) is 0. The average Bonchev–Trinajstić information content (AvgIpc) is 2.72. The molecule has 1 aliphatic heterocycles. The van der Waals surface area contributed by atoms with Crippen molar-refractivity contribution < 1.29 is 4.74 Å². The fraction of sp³-hybridized carbons (Fsp3) is 0.538. The van der Waals surface area contributed by atoms with E-state index in [1.807, 2.05) is 0 Å². The number of hydrogen-bond acceptors (Lipinski definition) is 3. The van der Waals surface area contributed by atoms with E-state index >= 15 is 0 Å². The van der Waals surface area contributed by atoms with Gasteiger partial charge in [-0.25, -0.2) is 0 Å². The Morgan fingerprint density at radius 1 is 1.44 bits per heavy atom. The number of nitrogens with two attached hydrogens (primary N) is 1. The minimum absolute atomic E-state index is 0.242. The van der Waals surface area contributed by atoms with E-state index in [0.29, 0.717) is 12.6 Å². The third kappa shape index (κ3) is 2.36. The molecule has 1 unspecified atom stereocenters. The van der Waals surface area contributed by atoms with Crippen LogP contribution in [0.25, 0.3) is 0 Å². The van der Waals surface area contributed by atoms with Gasteiger partial charge in [0.2, 0.25) is 0 Å². The molecule has 0 amide bonds. The summed E-state index contributed by atoms with van der Waals surface area (Å²) < 4.78 is 5.50. The molecule has 0 saturated heterocycles. The lowest BCUT2D eigenvalue weighted by atomic mass is 10.0. The summed E-state index contributed by atoms with van der Waals surface area (Å²) in [7, 11) is 0. The van der Waals surface area contributed by atoms with Crippen molar-refractivity contribution in [3.8, 4) is 5.75 Å². The summed E-state index contributed by atoms with van der Waals surface area (Å²) in [6, 6.07) is 7.07. The zero-order valence-electron chi connectivity index (χ0n) is 9.99. The van der Waals surface area contributed by atoms with Crippen molar-refractivity contribution in [2.75, 3.05) is 13.2 Å². The molecule has 16 heavy (non-hydrogen) atoms. The van der Waals surface area contributed by atoms with E-state index < -0.39 is 0 Å². The van der Waals surface area contributed by atoms with E-state index in [4.69, 9.17) is 10.5 Å². The van der Waals surface area contributed by atoms with E-state index in [0.717, 1.165) is 18.8 Å². The van der Waals surface area contributed by atoms with E-state index in [1.54, 1.807) is 0 Å². The molecule has 3 heteroatoms. The predicted octanol–water partition coefficient (Wildman–Crippen LogP) is 1.62. The second-order valence-corrected chi connectivity index (χ2v) is 4.58. The van der Waals surface area contributed by atoms with E-state index in [9.17, 15) is 0 Å². The third-order valence-corrected chi connectivity index (χ3v) is 2.89. The molecule has 0 saturated carbocycles. The summed E-state index contributed by atoms with van der Waals surface area (Å²) in [5.74, 6) is 1.03. The third-order valence-electron chi connectivity index (χ3n) is 2.89. The van der Waals surface area contributed by atoms with Crippen LogP contribution in [0, 0.1) is 0 Å². The second-order valence-electron chi connectivity index (χ2n) is 4.58. The fourth-order valence-electron chi connectivity index (χ4n) is 2.13. The number of hydrogen-bond donors (Lipinski definition) is 2. The number of rotatable bonds is 4. The van der Waals surface area contributed by atoms with Crippen molar-refractivity contribution in [2.24, 2.45) is 5.73 Å². The van der Waals surface area contributed by atoms with Crippen molar-refractivity contribution >= 4 is 0 Å². The van der Waals surface area contributed by atoms with Gasteiger partial charge in [-0.3, -0.25) is 0 Å².